The number of halogens is 1. The number of rotatable bonds is 0. The van der Waals surface area contributed by atoms with Gasteiger partial charge in [0.2, 0.25) is 0 Å². The van der Waals surface area contributed by atoms with E-state index >= 15 is 0 Å². The highest BCUT2D eigenvalue weighted by Crippen LogP contribution is 2.32. The first-order valence-electron chi connectivity index (χ1n) is 4.21. The number of carbonyl (C=O) groups is 1. The Hall–Kier alpha value is -1.02. The maximum absolute atomic E-state index is 11.6. The van der Waals surface area contributed by atoms with Crippen molar-refractivity contribution in [3.8, 4) is 0 Å². The van der Waals surface area contributed by atoms with Crippen molar-refractivity contribution in [3.05, 3.63) is 28.3 Å². The van der Waals surface area contributed by atoms with E-state index in [4.69, 9.17) is 17.3 Å². The molecule has 0 saturated heterocycles. The molecule has 0 amide bonds. The fourth-order valence-electron chi connectivity index (χ4n) is 1.72. The lowest BCUT2D eigenvalue weighted by Gasteiger charge is -2.01. The quantitative estimate of drug-likeness (QED) is 0.646. The summed E-state index contributed by atoms with van der Waals surface area (Å²) >= 11 is 5.85. The molecule has 1 aromatic carbocycles. The molecule has 13 heavy (non-hydrogen) atoms. The molecule has 2 nitrogen and oxygen atoms in total. The van der Waals surface area contributed by atoms with Crippen LogP contribution in [0.15, 0.2) is 12.1 Å². The molecule has 2 N–H and O–H groups in total. The van der Waals surface area contributed by atoms with Crippen LogP contribution >= 0.6 is 11.6 Å². The van der Waals surface area contributed by atoms with Crippen LogP contribution in [0.5, 0.6) is 0 Å². The summed E-state index contributed by atoms with van der Waals surface area (Å²) in [6.07, 6.45) is 0.786. The third-order valence-corrected chi connectivity index (χ3v) is 2.79. The summed E-state index contributed by atoms with van der Waals surface area (Å²) < 4.78 is 0. The predicted octanol–water partition coefficient (Wildman–Crippen LogP) is 2.30. The fourth-order valence-corrected chi connectivity index (χ4v) is 1.90. The Labute approximate surface area is 81.7 Å². The normalized spacial score (nSPS) is 20.5. The number of hydrogen-bond donors (Lipinski definition) is 1. The summed E-state index contributed by atoms with van der Waals surface area (Å²) in [7, 11) is 0. The van der Waals surface area contributed by atoms with Gasteiger partial charge in [-0.1, -0.05) is 18.5 Å². The minimum atomic E-state index is 0.0767. The van der Waals surface area contributed by atoms with Crippen LogP contribution in [0, 0.1) is 5.92 Å². The number of ketones is 1. The Morgan fingerprint density at radius 2 is 2.23 bits per heavy atom. The van der Waals surface area contributed by atoms with E-state index in [2.05, 4.69) is 0 Å². The van der Waals surface area contributed by atoms with Crippen molar-refractivity contribution in [1.82, 2.24) is 0 Å². The Morgan fingerprint density at radius 1 is 1.54 bits per heavy atom. The van der Waals surface area contributed by atoms with Crippen molar-refractivity contribution in [2.45, 2.75) is 13.3 Å². The molecule has 1 atom stereocenters. The number of fused-ring (bicyclic) bond motifs is 1. The lowest BCUT2D eigenvalue weighted by Crippen LogP contribution is -2.03. The highest BCUT2D eigenvalue weighted by Gasteiger charge is 2.27. The molecule has 0 aliphatic heterocycles. The number of Topliss-reactive ketones (excluding diaryl/α,β-unsaturated/α-hetero) is 1. The van der Waals surface area contributed by atoms with Gasteiger partial charge in [-0.3, -0.25) is 4.79 Å². The number of carbonyl (C=O) groups excluding carboxylic acids is 1. The fraction of sp³-hybridized carbons (Fsp3) is 0.300. The molecule has 3 heteroatoms. The van der Waals surface area contributed by atoms with E-state index in [1.807, 2.05) is 6.92 Å². The van der Waals surface area contributed by atoms with Crippen LogP contribution in [0.2, 0.25) is 5.02 Å². The van der Waals surface area contributed by atoms with E-state index in [1.54, 1.807) is 12.1 Å². The number of hydrogen-bond acceptors (Lipinski definition) is 2. The van der Waals surface area contributed by atoms with Crippen LogP contribution in [0.3, 0.4) is 0 Å². The summed E-state index contributed by atoms with van der Waals surface area (Å²) in [5.74, 6) is 0.256. The van der Waals surface area contributed by atoms with Gasteiger partial charge in [0.25, 0.3) is 0 Å². The van der Waals surface area contributed by atoms with Crippen LogP contribution in [-0.2, 0) is 6.42 Å². The molecule has 0 spiro atoms. The van der Waals surface area contributed by atoms with Gasteiger partial charge in [-0.25, -0.2) is 0 Å². The van der Waals surface area contributed by atoms with Gasteiger partial charge in [0.15, 0.2) is 5.78 Å². The summed E-state index contributed by atoms with van der Waals surface area (Å²) in [6.45, 7) is 1.92. The molecule has 1 aliphatic rings. The van der Waals surface area contributed by atoms with E-state index in [0.29, 0.717) is 10.7 Å². The zero-order chi connectivity index (χ0) is 9.59. The highest BCUT2D eigenvalue weighted by molar-refractivity contribution is 6.33. The van der Waals surface area contributed by atoms with Crippen molar-refractivity contribution in [2.75, 3.05) is 5.73 Å². The molecule has 0 bridgehead atoms. The molecule has 0 fully saturated rings. The average molecular weight is 196 g/mol. The topological polar surface area (TPSA) is 43.1 Å². The number of benzene rings is 1. The van der Waals surface area contributed by atoms with E-state index in [-0.39, 0.29) is 11.7 Å². The molecule has 2 rings (SSSR count). The smallest absolute Gasteiger partial charge is 0.166 e. The monoisotopic (exact) mass is 195 g/mol. The van der Waals surface area contributed by atoms with Gasteiger partial charge >= 0.3 is 0 Å². The molecular weight excluding hydrogens is 186 g/mol. The zero-order valence-corrected chi connectivity index (χ0v) is 8.06. The first kappa shape index (κ1) is 8.57. The number of nitrogens with two attached hydrogens (primary N) is 1. The van der Waals surface area contributed by atoms with E-state index in [9.17, 15) is 4.79 Å². The van der Waals surface area contributed by atoms with Gasteiger partial charge in [0.1, 0.15) is 0 Å². The summed E-state index contributed by atoms with van der Waals surface area (Å²) in [5.41, 5.74) is 7.87. The van der Waals surface area contributed by atoms with Crippen molar-refractivity contribution in [1.29, 1.82) is 0 Å². The Balaban J connectivity index is 2.59. The second kappa shape index (κ2) is 2.74. The zero-order valence-electron chi connectivity index (χ0n) is 7.30. The van der Waals surface area contributed by atoms with Gasteiger partial charge in [-0.2, -0.15) is 0 Å². The number of nitrogen functional groups attached to an aromatic ring is 1. The molecule has 0 saturated carbocycles. The largest absolute Gasteiger partial charge is 0.398 e. The van der Waals surface area contributed by atoms with Crippen molar-refractivity contribution < 1.29 is 4.79 Å². The Kier molecular flexibility index (Phi) is 1.81. The van der Waals surface area contributed by atoms with Crippen LogP contribution in [0.1, 0.15) is 22.8 Å². The lowest BCUT2D eigenvalue weighted by atomic mass is 10.1. The maximum atomic E-state index is 11.6. The van der Waals surface area contributed by atoms with Gasteiger partial charge in [-0.15, -0.1) is 0 Å². The maximum Gasteiger partial charge on any atom is 0.166 e. The first-order valence-corrected chi connectivity index (χ1v) is 4.59. The molecule has 0 radical (unpaired) electrons. The standard InChI is InChI=1S/C10H10ClNO/c1-5-2-6-3-8(11)9(12)4-7(6)10(5)13/h3-5H,2,12H2,1H3. The minimum absolute atomic E-state index is 0.0767. The molecule has 1 aliphatic carbocycles. The van der Waals surface area contributed by atoms with Crippen molar-refractivity contribution in [2.24, 2.45) is 5.92 Å². The summed E-state index contributed by atoms with van der Waals surface area (Å²) in [5, 5.41) is 0.542. The lowest BCUT2D eigenvalue weighted by molar-refractivity contribution is 0.0946. The molecular formula is C10H10ClNO. The Morgan fingerprint density at radius 3 is 2.92 bits per heavy atom. The average Bonchev–Trinajstić information content (AvgIpc) is 2.32. The van der Waals surface area contributed by atoms with Gasteiger partial charge in [0, 0.05) is 11.5 Å². The third-order valence-electron chi connectivity index (χ3n) is 2.46. The summed E-state index contributed by atoms with van der Waals surface area (Å²) in [6, 6.07) is 3.48. The van der Waals surface area contributed by atoms with Crippen molar-refractivity contribution in [3.63, 3.8) is 0 Å². The van der Waals surface area contributed by atoms with Crippen LogP contribution < -0.4 is 5.73 Å². The van der Waals surface area contributed by atoms with Crippen LogP contribution in [-0.4, -0.2) is 5.78 Å². The van der Waals surface area contributed by atoms with Crippen molar-refractivity contribution >= 4 is 23.1 Å². The first-order chi connectivity index (χ1) is 6.09. The molecule has 1 unspecified atom stereocenters. The molecule has 68 valence electrons. The summed E-state index contributed by atoms with van der Waals surface area (Å²) in [4.78, 5) is 11.6. The molecule has 0 aromatic heterocycles. The van der Waals surface area contributed by atoms with Gasteiger partial charge in [0.05, 0.1) is 10.7 Å². The third kappa shape index (κ3) is 1.22. The predicted molar refractivity (Wildman–Crippen MR) is 53.1 cm³/mol. The van der Waals surface area contributed by atoms with Gasteiger partial charge < -0.3 is 5.73 Å². The van der Waals surface area contributed by atoms with E-state index in [1.165, 1.54) is 0 Å². The molecule has 0 heterocycles. The van der Waals surface area contributed by atoms with Gasteiger partial charge in [-0.05, 0) is 24.1 Å². The van der Waals surface area contributed by atoms with E-state index < -0.39 is 0 Å². The molecule has 1 aromatic rings. The Bertz CT molecular complexity index is 387. The van der Waals surface area contributed by atoms with Crippen LogP contribution in [0.25, 0.3) is 0 Å². The SMILES string of the molecule is CC1Cc2cc(Cl)c(N)cc2C1=O. The second-order valence-corrected chi connectivity index (χ2v) is 3.91. The minimum Gasteiger partial charge on any atom is -0.398 e. The second-order valence-electron chi connectivity index (χ2n) is 3.50. The highest BCUT2D eigenvalue weighted by atomic mass is 35.5. The number of anilines is 1. The van der Waals surface area contributed by atoms with Crippen LogP contribution in [0.4, 0.5) is 5.69 Å². The van der Waals surface area contributed by atoms with E-state index in [0.717, 1.165) is 17.5 Å².